The number of nitrogens with zero attached hydrogens (tertiary/aromatic N) is 1. The maximum absolute atomic E-state index is 3.67. The smallest absolute Gasteiger partial charge is 0.0919 e. The number of H-pyrrole nitrogens is 1. The highest BCUT2D eigenvalue weighted by Crippen LogP contribution is 2.11. The fraction of sp³-hybridized carbons (Fsp3) is 0. The lowest BCUT2D eigenvalue weighted by atomic mass is 10.1. The molecule has 15 heavy (non-hydrogen) atoms. The first kappa shape index (κ1) is 9.46. The van der Waals surface area contributed by atoms with E-state index >= 15 is 0 Å². The molecular formula is C13H12N2. The van der Waals surface area contributed by atoms with Gasteiger partial charge in [-0.3, -0.25) is 0 Å². The predicted octanol–water partition coefficient (Wildman–Crippen LogP) is 3.25. The fourth-order valence-electron chi connectivity index (χ4n) is 1.35. The number of rotatable bonds is 0. The molecule has 0 saturated carbocycles. The number of hydrogen-bond donors (Lipinski definition) is 1. The average Bonchev–Trinajstić information content (AvgIpc) is 2.88. The van der Waals surface area contributed by atoms with Crippen molar-refractivity contribution in [3.63, 3.8) is 0 Å². The molecule has 0 aliphatic carbocycles. The fourth-order valence-corrected chi connectivity index (χ4v) is 1.35. The van der Waals surface area contributed by atoms with Gasteiger partial charge in [-0.25, -0.2) is 4.98 Å². The van der Waals surface area contributed by atoms with E-state index in [0.717, 1.165) is 0 Å². The summed E-state index contributed by atoms with van der Waals surface area (Å²) >= 11 is 0. The van der Waals surface area contributed by atoms with Crippen molar-refractivity contribution in [2.75, 3.05) is 0 Å². The monoisotopic (exact) mass is 196 g/mol. The predicted molar refractivity (Wildman–Crippen MR) is 62.5 cm³/mol. The van der Waals surface area contributed by atoms with Gasteiger partial charge in [0.05, 0.1) is 6.33 Å². The Bertz CT molecular complexity index is 418. The minimum atomic E-state index is 1.31. The van der Waals surface area contributed by atoms with Crippen molar-refractivity contribution in [3.05, 3.63) is 67.3 Å². The molecule has 0 aliphatic rings. The van der Waals surface area contributed by atoms with E-state index in [1.165, 1.54) is 10.8 Å². The maximum atomic E-state index is 3.67. The summed E-state index contributed by atoms with van der Waals surface area (Å²) < 4.78 is 0. The zero-order valence-corrected chi connectivity index (χ0v) is 8.30. The van der Waals surface area contributed by atoms with Crippen molar-refractivity contribution in [2.24, 2.45) is 0 Å². The highest BCUT2D eigenvalue weighted by molar-refractivity contribution is 5.81. The molecule has 0 atom stereocenters. The molecule has 74 valence electrons. The summed E-state index contributed by atoms with van der Waals surface area (Å²) in [6, 6.07) is 16.7. The normalized spacial score (nSPS) is 9.33. The maximum Gasteiger partial charge on any atom is 0.0919 e. The van der Waals surface area contributed by atoms with Crippen LogP contribution in [0.4, 0.5) is 0 Å². The Hall–Kier alpha value is -2.09. The van der Waals surface area contributed by atoms with Crippen LogP contribution in [0.25, 0.3) is 10.8 Å². The quantitative estimate of drug-likeness (QED) is 0.587. The summed E-state index contributed by atoms with van der Waals surface area (Å²) in [5.74, 6) is 0. The number of hydrogen-bond acceptors (Lipinski definition) is 1. The molecule has 0 bridgehead atoms. The Kier molecular flexibility index (Phi) is 3.13. The van der Waals surface area contributed by atoms with E-state index in [2.05, 4.69) is 58.5 Å². The van der Waals surface area contributed by atoms with Gasteiger partial charge in [-0.1, -0.05) is 48.5 Å². The van der Waals surface area contributed by atoms with Crippen molar-refractivity contribution in [2.45, 2.75) is 0 Å². The first-order chi connectivity index (χ1) is 7.47. The lowest BCUT2D eigenvalue weighted by molar-refractivity contribution is 1.31. The summed E-state index contributed by atoms with van der Waals surface area (Å²) in [7, 11) is 0. The van der Waals surface area contributed by atoms with Crippen LogP contribution in [0, 0.1) is 0 Å². The molecule has 0 unspecified atom stereocenters. The molecule has 0 spiro atoms. The van der Waals surface area contributed by atoms with Crippen LogP contribution in [-0.4, -0.2) is 9.97 Å². The molecule has 0 amide bonds. The number of nitrogens with one attached hydrogen (secondary N) is 1. The summed E-state index contributed by atoms with van der Waals surface area (Å²) in [5.41, 5.74) is 0. The van der Waals surface area contributed by atoms with E-state index < -0.39 is 0 Å². The minimum Gasteiger partial charge on any atom is -0.351 e. The molecule has 3 rings (SSSR count). The van der Waals surface area contributed by atoms with Gasteiger partial charge in [-0.2, -0.15) is 0 Å². The van der Waals surface area contributed by atoms with Crippen molar-refractivity contribution in [1.82, 2.24) is 9.97 Å². The second-order valence-corrected chi connectivity index (χ2v) is 3.11. The third-order valence-corrected chi connectivity index (χ3v) is 2.06. The molecule has 2 aromatic carbocycles. The molecular weight excluding hydrogens is 184 g/mol. The Morgan fingerprint density at radius 1 is 0.800 bits per heavy atom. The second-order valence-electron chi connectivity index (χ2n) is 3.11. The largest absolute Gasteiger partial charge is 0.351 e. The van der Waals surface area contributed by atoms with E-state index in [1.54, 1.807) is 18.7 Å². The lowest BCUT2D eigenvalue weighted by Crippen LogP contribution is -1.67. The molecule has 3 aromatic rings. The molecule has 0 saturated heterocycles. The third-order valence-electron chi connectivity index (χ3n) is 2.06. The first-order valence-electron chi connectivity index (χ1n) is 4.83. The first-order valence-corrected chi connectivity index (χ1v) is 4.83. The van der Waals surface area contributed by atoms with Crippen LogP contribution in [0.3, 0.4) is 0 Å². The van der Waals surface area contributed by atoms with Crippen LogP contribution < -0.4 is 0 Å². The summed E-state index contributed by atoms with van der Waals surface area (Å²) in [6.07, 6.45) is 5.08. The molecule has 1 heterocycles. The Labute approximate surface area is 88.6 Å². The zero-order valence-electron chi connectivity index (χ0n) is 8.30. The third kappa shape index (κ3) is 2.68. The summed E-state index contributed by atoms with van der Waals surface area (Å²) in [6.45, 7) is 0. The Morgan fingerprint density at radius 3 is 1.60 bits per heavy atom. The van der Waals surface area contributed by atoms with E-state index in [-0.39, 0.29) is 0 Å². The van der Waals surface area contributed by atoms with Gasteiger partial charge in [0.1, 0.15) is 0 Å². The highest BCUT2D eigenvalue weighted by atomic mass is 14.8. The van der Waals surface area contributed by atoms with Crippen LogP contribution in [0.2, 0.25) is 0 Å². The van der Waals surface area contributed by atoms with Crippen molar-refractivity contribution < 1.29 is 0 Å². The molecule has 2 heteroatoms. The number of fused-ring (bicyclic) bond motifs is 1. The molecule has 0 aliphatic heterocycles. The van der Waals surface area contributed by atoms with E-state index in [1.807, 2.05) is 0 Å². The lowest BCUT2D eigenvalue weighted by Gasteiger charge is -1.92. The van der Waals surface area contributed by atoms with Crippen molar-refractivity contribution in [3.8, 4) is 0 Å². The SMILES string of the molecule is c1c[nH]cn1.c1ccc2ccccc2c1. The van der Waals surface area contributed by atoms with Gasteiger partial charge < -0.3 is 4.98 Å². The van der Waals surface area contributed by atoms with Gasteiger partial charge in [0.25, 0.3) is 0 Å². The van der Waals surface area contributed by atoms with Crippen LogP contribution in [-0.2, 0) is 0 Å². The van der Waals surface area contributed by atoms with Crippen molar-refractivity contribution >= 4 is 10.8 Å². The van der Waals surface area contributed by atoms with E-state index in [0.29, 0.717) is 0 Å². The standard InChI is InChI=1S/C10H8.C3H4N2/c1-2-6-10-8-4-3-7-9(10)5-1;1-2-5-3-4-1/h1-8H;1-3H,(H,4,5). The van der Waals surface area contributed by atoms with Gasteiger partial charge in [0.15, 0.2) is 0 Å². The average molecular weight is 196 g/mol. The van der Waals surface area contributed by atoms with Gasteiger partial charge in [-0.15, -0.1) is 0 Å². The summed E-state index contributed by atoms with van der Waals surface area (Å²) in [4.78, 5) is 6.42. The zero-order chi connectivity index (χ0) is 10.3. The minimum absolute atomic E-state index is 1.31. The highest BCUT2D eigenvalue weighted by Gasteiger charge is 1.85. The van der Waals surface area contributed by atoms with Crippen LogP contribution >= 0.6 is 0 Å². The molecule has 0 fully saturated rings. The molecule has 2 nitrogen and oxygen atoms in total. The van der Waals surface area contributed by atoms with Gasteiger partial charge in [0, 0.05) is 12.4 Å². The number of benzene rings is 2. The van der Waals surface area contributed by atoms with Gasteiger partial charge in [-0.05, 0) is 10.8 Å². The van der Waals surface area contributed by atoms with Crippen LogP contribution in [0.15, 0.2) is 67.3 Å². The van der Waals surface area contributed by atoms with E-state index in [9.17, 15) is 0 Å². The topological polar surface area (TPSA) is 28.7 Å². The van der Waals surface area contributed by atoms with Crippen molar-refractivity contribution in [1.29, 1.82) is 0 Å². The van der Waals surface area contributed by atoms with Crippen LogP contribution in [0.5, 0.6) is 0 Å². The Morgan fingerprint density at radius 2 is 1.33 bits per heavy atom. The number of aromatic amines is 1. The molecule has 1 N–H and O–H groups in total. The van der Waals surface area contributed by atoms with Gasteiger partial charge in [0.2, 0.25) is 0 Å². The molecule has 0 radical (unpaired) electrons. The second kappa shape index (κ2) is 4.96. The van der Waals surface area contributed by atoms with Gasteiger partial charge >= 0.3 is 0 Å². The molecule has 1 aromatic heterocycles. The number of imidazole rings is 1. The number of aromatic nitrogens is 2. The van der Waals surface area contributed by atoms with E-state index in [4.69, 9.17) is 0 Å². The van der Waals surface area contributed by atoms with Crippen LogP contribution in [0.1, 0.15) is 0 Å². The summed E-state index contributed by atoms with van der Waals surface area (Å²) in [5, 5.41) is 2.62. The Balaban J connectivity index is 0.000000144.